The SMILES string of the molecule is C[Si](C)(C)O[Si](C)(CCCCCOC(CO)CO)O[Si](C)(C)C. The monoisotopic (exact) mass is 382 g/mol. The zero-order valence-electron chi connectivity index (χ0n) is 16.1. The summed E-state index contributed by atoms with van der Waals surface area (Å²) < 4.78 is 18.3. The van der Waals surface area contributed by atoms with Crippen molar-refractivity contribution in [3.8, 4) is 0 Å². The Morgan fingerprint density at radius 3 is 1.61 bits per heavy atom. The van der Waals surface area contributed by atoms with Gasteiger partial charge in [-0.05, 0) is 58.3 Å². The van der Waals surface area contributed by atoms with E-state index in [1.807, 2.05) is 0 Å². The largest absolute Gasteiger partial charge is 0.437 e. The molecule has 0 unspecified atom stereocenters. The van der Waals surface area contributed by atoms with Crippen LogP contribution < -0.4 is 0 Å². The van der Waals surface area contributed by atoms with Crippen LogP contribution in [0.25, 0.3) is 0 Å². The van der Waals surface area contributed by atoms with Gasteiger partial charge in [0.15, 0.2) is 16.6 Å². The van der Waals surface area contributed by atoms with Crippen molar-refractivity contribution in [3.05, 3.63) is 0 Å². The van der Waals surface area contributed by atoms with Crippen LogP contribution in [0.1, 0.15) is 19.3 Å². The molecule has 0 aliphatic carbocycles. The first kappa shape index (κ1) is 23.5. The smallest absolute Gasteiger partial charge is 0.314 e. The summed E-state index contributed by atoms with van der Waals surface area (Å²) in [6.07, 6.45) is 2.61. The lowest BCUT2D eigenvalue weighted by molar-refractivity contribution is -0.0207. The fraction of sp³-hybridized carbons (Fsp3) is 1.00. The van der Waals surface area contributed by atoms with Gasteiger partial charge in [-0.25, -0.2) is 0 Å². The normalized spacial score (nSPS) is 13.8. The van der Waals surface area contributed by atoms with Crippen LogP contribution >= 0.6 is 0 Å². The average molecular weight is 383 g/mol. The van der Waals surface area contributed by atoms with E-state index in [0.717, 1.165) is 25.3 Å². The molecule has 140 valence electrons. The third-order valence-corrected chi connectivity index (χ3v) is 12.7. The highest BCUT2D eigenvalue weighted by Crippen LogP contribution is 2.26. The van der Waals surface area contributed by atoms with Crippen molar-refractivity contribution >= 4 is 25.2 Å². The average Bonchev–Trinajstić information content (AvgIpc) is 2.33. The van der Waals surface area contributed by atoms with Gasteiger partial charge in [-0.3, -0.25) is 0 Å². The maximum Gasteiger partial charge on any atom is 0.314 e. The van der Waals surface area contributed by atoms with E-state index < -0.39 is 31.3 Å². The fourth-order valence-electron chi connectivity index (χ4n) is 2.56. The summed E-state index contributed by atoms with van der Waals surface area (Å²) in [4.78, 5) is 0. The fourth-order valence-corrected chi connectivity index (χ4v) is 15.2. The van der Waals surface area contributed by atoms with Crippen LogP contribution in [0, 0.1) is 0 Å². The molecule has 0 radical (unpaired) electrons. The van der Waals surface area contributed by atoms with Gasteiger partial charge in [-0.15, -0.1) is 0 Å². The van der Waals surface area contributed by atoms with E-state index in [2.05, 4.69) is 45.8 Å². The van der Waals surface area contributed by atoms with Crippen LogP contribution in [-0.2, 0) is 13.0 Å². The lowest BCUT2D eigenvalue weighted by Gasteiger charge is -2.38. The Hall–Kier alpha value is 0.451. The van der Waals surface area contributed by atoms with Gasteiger partial charge in [0.25, 0.3) is 0 Å². The summed E-state index contributed by atoms with van der Waals surface area (Å²) in [6.45, 7) is 15.9. The van der Waals surface area contributed by atoms with Gasteiger partial charge in [0.2, 0.25) is 0 Å². The van der Waals surface area contributed by atoms with E-state index in [4.69, 9.17) is 23.2 Å². The molecule has 23 heavy (non-hydrogen) atoms. The van der Waals surface area contributed by atoms with Crippen LogP contribution in [0.4, 0.5) is 0 Å². The van der Waals surface area contributed by atoms with Gasteiger partial charge in [0.05, 0.1) is 13.2 Å². The Balaban J connectivity index is 4.25. The summed E-state index contributed by atoms with van der Waals surface area (Å²) in [5.74, 6) is 0. The highest BCUT2D eigenvalue weighted by atomic mass is 28.5. The topological polar surface area (TPSA) is 68.2 Å². The van der Waals surface area contributed by atoms with E-state index in [1.54, 1.807) is 0 Å². The molecule has 0 aromatic carbocycles. The van der Waals surface area contributed by atoms with E-state index in [0.29, 0.717) is 6.61 Å². The molecule has 0 aliphatic heterocycles. The molecule has 8 heteroatoms. The highest BCUT2D eigenvalue weighted by Gasteiger charge is 2.39. The Morgan fingerprint density at radius 2 is 1.22 bits per heavy atom. The van der Waals surface area contributed by atoms with Gasteiger partial charge in [0, 0.05) is 6.61 Å². The lowest BCUT2D eigenvalue weighted by Crippen LogP contribution is -2.52. The summed E-state index contributed by atoms with van der Waals surface area (Å²) in [5, 5.41) is 17.9. The first-order valence-electron chi connectivity index (χ1n) is 8.64. The molecule has 0 saturated heterocycles. The summed E-state index contributed by atoms with van der Waals surface area (Å²) in [6, 6.07) is 1.02. The van der Waals surface area contributed by atoms with Crippen molar-refractivity contribution in [2.24, 2.45) is 0 Å². The molecule has 0 fully saturated rings. The molecule has 0 bridgehead atoms. The zero-order valence-corrected chi connectivity index (χ0v) is 19.1. The minimum absolute atomic E-state index is 0.129. The quantitative estimate of drug-likeness (QED) is 0.378. The molecule has 2 N–H and O–H groups in total. The van der Waals surface area contributed by atoms with E-state index in [9.17, 15) is 0 Å². The number of hydrogen-bond acceptors (Lipinski definition) is 5. The number of rotatable bonds is 13. The Labute approximate surface area is 145 Å². The summed E-state index contributed by atoms with van der Waals surface area (Å²) >= 11 is 0. The predicted molar refractivity (Wildman–Crippen MR) is 103 cm³/mol. The van der Waals surface area contributed by atoms with Gasteiger partial charge in [-0.1, -0.05) is 12.8 Å². The van der Waals surface area contributed by atoms with Gasteiger partial charge in [0.1, 0.15) is 6.10 Å². The number of unbranched alkanes of at least 4 members (excludes halogenated alkanes) is 2. The Kier molecular flexibility index (Phi) is 10.6. The van der Waals surface area contributed by atoms with Crippen molar-refractivity contribution in [2.45, 2.75) is 77.2 Å². The molecule has 0 atom stereocenters. The van der Waals surface area contributed by atoms with Crippen LogP contribution in [0.5, 0.6) is 0 Å². The maximum absolute atomic E-state index is 8.95. The van der Waals surface area contributed by atoms with Crippen molar-refractivity contribution in [1.29, 1.82) is 0 Å². The van der Waals surface area contributed by atoms with Crippen molar-refractivity contribution < 1.29 is 23.2 Å². The molecule has 0 aromatic rings. The van der Waals surface area contributed by atoms with Gasteiger partial charge >= 0.3 is 8.56 Å². The first-order valence-corrected chi connectivity index (χ1v) is 18.0. The molecule has 0 amide bonds. The van der Waals surface area contributed by atoms with Crippen LogP contribution in [0.15, 0.2) is 0 Å². The Morgan fingerprint density at radius 1 is 0.739 bits per heavy atom. The molecule has 0 aliphatic rings. The molecule has 0 aromatic heterocycles. The second kappa shape index (κ2) is 10.4. The number of hydrogen-bond donors (Lipinski definition) is 2. The minimum Gasteiger partial charge on any atom is -0.437 e. The number of aliphatic hydroxyl groups excluding tert-OH is 2. The highest BCUT2D eigenvalue weighted by molar-refractivity contribution is 6.87. The van der Waals surface area contributed by atoms with Crippen LogP contribution in [0.3, 0.4) is 0 Å². The third kappa shape index (κ3) is 13.4. The van der Waals surface area contributed by atoms with Crippen molar-refractivity contribution in [1.82, 2.24) is 0 Å². The van der Waals surface area contributed by atoms with E-state index in [1.165, 1.54) is 0 Å². The standard InChI is InChI=1S/C15H38O5Si3/c1-21(2,3)19-23(7,20-22(4,5)6)12-10-8-9-11-18-15(13-16)14-17/h15-17H,8-14H2,1-7H3. The minimum atomic E-state index is -2.11. The molecule has 0 rings (SSSR count). The van der Waals surface area contributed by atoms with Crippen LogP contribution in [0.2, 0.25) is 51.9 Å². The van der Waals surface area contributed by atoms with Gasteiger partial charge in [-0.2, -0.15) is 0 Å². The molecule has 0 saturated carbocycles. The van der Waals surface area contributed by atoms with Crippen LogP contribution in [-0.4, -0.2) is 61.3 Å². The van der Waals surface area contributed by atoms with Crippen molar-refractivity contribution in [3.63, 3.8) is 0 Å². The number of ether oxygens (including phenoxy) is 1. The van der Waals surface area contributed by atoms with E-state index in [-0.39, 0.29) is 13.2 Å². The molecule has 0 heterocycles. The van der Waals surface area contributed by atoms with E-state index >= 15 is 0 Å². The van der Waals surface area contributed by atoms with Crippen molar-refractivity contribution in [2.75, 3.05) is 19.8 Å². The molecular weight excluding hydrogens is 344 g/mol. The zero-order chi connectivity index (χ0) is 18.1. The second-order valence-corrected chi connectivity index (χ2v) is 21.1. The number of aliphatic hydroxyl groups is 2. The summed E-state index contributed by atoms with van der Waals surface area (Å²) in [7, 11) is -5.34. The molecule has 0 spiro atoms. The molecule has 5 nitrogen and oxygen atoms in total. The summed E-state index contributed by atoms with van der Waals surface area (Å²) in [5.41, 5.74) is 0. The Bertz CT molecular complexity index is 295. The van der Waals surface area contributed by atoms with Gasteiger partial charge < -0.3 is 23.2 Å². The lowest BCUT2D eigenvalue weighted by atomic mass is 10.2. The molecular formula is C15H38O5Si3. The predicted octanol–water partition coefficient (Wildman–Crippen LogP) is 3.30. The maximum atomic E-state index is 8.95. The third-order valence-electron chi connectivity index (χ3n) is 3.08. The second-order valence-electron chi connectivity index (χ2n) is 8.23. The first-order chi connectivity index (χ1) is 10.4.